The molecule has 0 saturated heterocycles. The van der Waals surface area contributed by atoms with E-state index in [0.29, 0.717) is 11.4 Å². The molecule has 0 spiro atoms. The van der Waals surface area contributed by atoms with Crippen LogP contribution in [-0.4, -0.2) is 39.7 Å². The largest absolute Gasteiger partial charge is 0.454 e. The summed E-state index contributed by atoms with van der Waals surface area (Å²) < 4.78 is 32.5. The fraction of sp³-hybridized carbons (Fsp3) is 0.125. The number of nitrogens with zero attached hydrogens (tertiary/aromatic N) is 1. The number of sulfonamides is 1. The second-order valence-corrected chi connectivity index (χ2v) is 9.00. The van der Waals surface area contributed by atoms with Crippen LogP contribution in [0.15, 0.2) is 83.8 Å². The number of para-hydroxylation sites is 1. The molecule has 0 bridgehead atoms. The van der Waals surface area contributed by atoms with Gasteiger partial charge in [-0.15, -0.1) is 0 Å². The van der Waals surface area contributed by atoms with E-state index < -0.39 is 28.4 Å². The molecule has 9 heteroatoms. The molecule has 8 nitrogen and oxygen atoms in total. The predicted octanol–water partition coefficient (Wildman–Crippen LogP) is 3.51. The molecule has 0 unspecified atom stereocenters. The third kappa shape index (κ3) is 5.64. The van der Waals surface area contributed by atoms with Gasteiger partial charge in [0.05, 0.1) is 11.3 Å². The molecule has 0 atom stereocenters. The van der Waals surface area contributed by atoms with Crippen LogP contribution in [0, 0.1) is 0 Å². The van der Waals surface area contributed by atoms with Crippen LogP contribution in [0.1, 0.15) is 27.6 Å². The molecule has 0 fully saturated rings. The third-order valence-electron chi connectivity index (χ3n) is 4.73. The van der Waals surface area contributed by atoms with Crippen LogP contribution in [0.25, 0.3) is 0 Å². The van der Waals surface area contributed by atoms with Gasteiger partial charge in [-0.2, -0.15) is 0 Å². The van der Waals surface area contributed by atoms with E-state index in [1.807, 2.05) is 0 Å². The Morgan fingerprint density at radius 2 is 1.48 bits per heavy atom. The third-order valence-corrected chi connectivity index (χ3v) is 6.57. The minimum absolute atomic E-state index is 0.172. The lowest BCUT2D eigenvalue weighted by molar-refractivity contribution is -0.114. The predicted molar refractivity (Wildman–Crippen MR) is 124 cm³/mol. The van der Waals surface area contributed by atoms with Gasteiger partial charge in [-0.1, -0.05) is 30.3 Å². The van der Waals surface area contributed by atoms with Crippen molar-refractivity contribution in [1.82, 2.24) is 0 Å². The van der Waals surface area contributed by atoms with E-state index in [2.05, 4.69) is 5.32 Å². The normalized spacial score (nSPS) is 10.8. The second-order valence-electron chi connectivity index (χ2n) is 7.06. The molecule has 3 aromatic carbocycles. The highest BCUT2D eigenvalue weighted by atomic mass is 32.2. The highest BCUT2D eigenvalue weighted by Crippen LogP contribution is 2.25. The quantitative estimate of drug-likeness (QED) is 0.402. The first-order valence-corrected chi connectivity index (χ1v) is 11.3. The fourth-order valence-electron chi connectivity index (χ4n) is 3.02. The van der Waals surface area contributed by atoms with Crippen molar-refractivity contribution in [1.29, 1.82) is 0 Å². The number of ether oxygens (including phenoxy) is 1. The lowest BCUT2D eigenvalue weighted by Gasteiger charge is -2.20. The number of benzene rings is 3. The highest BCUT2D eigenvalue weighted by molar-refractivity contribution is 7.92. The Bertz CT molecular complexity index is 1270. The number of amides is 1. The van der Waals surface area contributed by atoms with Crippen molar-refractivity contribution in [2.24, 2.45) is 0 Å². The van der Waals surface area contributed by atoms with Crippen molar-refractivity contribution in [2.45, 2.75) is 11.8 Å². The summed E-state index contributed by atoms with van der Waals surface area (Å²) in [6, 6.07) is 20.2. The van der Waals surface area contributed by atoms with Gasteiger partial charge in [0.1, 0.15) is 4.90 Å². The van der Waals surface area contributed by atoms with Crippen LogP contribution in [0.3, 0.4) is 0 Å². The van der Waals surface area contributed by atoms with Gasteiger partial charge in [-0.05, 0) is 48.5 Å². The average Bonchev–Trinajstić information content (AvgIpc) is 2.82. The molecule has 1 amide bonds. The van der Waals surface area contributed by atoms with Crippen molar-refractivity contribution >= 4 is 39.1 Å². The lowest BCUT2D eigenvalue weighted by Crippen LogP contribution is -2.28. The number of carbonyl (C=O) groups excluding carboxylic acids is 3. The Kier molecular flexibility index (Phi) is 7.24. The molecule has 3 aromatic rings. The minimum Gasteiger partial charge on any atom is -0.454 e. The van der Waals surface area contributed by atoms with Gasteiger partial charge < -0.3 is 10.1 Å². The van der Waals surface area contributed by atoms with Gasteiger partial charge in [0, 0.05) is 25.2 Å². The summed E-state index contributed by atoms with van der Waals surface area (Å²) in [5.41, 5.74) is 1.06. The molecule has 0 aliphatic heterocycles. The number of hydrogen-bond acceptors (Lipinski definition) is 6. The summed E-state index contributed by atoms with van der Waals surface area (Å²) in [7, 11) is -2.67. The maximum atomic E-state index is 13.1. The first kappa shape index (κ1) is 23.7. The van der Waals surface area contributed by atoms with Crippen LogP contribution in [0.2, 0.25) is 0 Å². The molecule has 170 valence electrons. The molecule has 0 aliphatic rings. The first-order valence-electron chi connectivity index (χ1n) is 9.91. The number of anilines is 2. The van der Waals surface area contributed by atoms with Gasteiger partial charge in [-0.25, -0.2) is 13.2 Å². The van der Waals surface area contributed by atoms with Gasteiger partial charge in [0.15, 0.2) is 12.4 Å². The molecular formula is C24H22N2O6S. The minimum atomic E-state index is -4.06. The highest BCUT2D eigenvalue weighted by Gasteiger charge is 2.27. The molecule has 3 rings (SSSR count). The number of rotatable bonds is 8. The summed E-state index contributed by atoms with van der Waals surface area (Å²) in [6.45, 7) is 0.801. The van der Waals surface area contributed by atoms with Crippen molar-refractivity contribution < 1.29 is 27.5 Å². The molecule has 0 heterocycles. The summed E-state index contributed by atoms with van der Waals surface area (Å²) in [5, 5.41) is 2.59. The van der Waals surface area contributed by atoms with E-state index in [1.165, 1.54) is 50.4 Å². The monoisotopic (exact) mass is 466 g/mol. The van der Waals surface area contributed by atoms with E-state index in [4.69, 9.17) is 4.74 Å². The summed E-state index contributed by atoms with van der Waals surface area (Å²) in [4.78, 5) is 35.9. The number of Topliss-reactive ketones (excluding diaryl/α,β-unsaturated/α-hetero) is 1. The molecular weight excluding hydrogens is 444 g/mol. The van der Waals surface area contributed by atoms with Crippen LogP contribution in [-0.2, 0) is 19.6 Å². The zero-order chi connectivity index (χ0) is 24.0. The zero-order valence-electron chi connectivity index (χ0n) is 18.0. The number of hydrogen-bond donors (Lipinski definition) is 1. The Hall–Kier alpha value is -3.98. The van der Waals surface area contributed by atoms with E-state index in [-0.39, 0.29) is 21.9 Å². The van der Waals surface area contributed by atoms with E-state index in [1.54, 1.807) is 42.5 Å². The second kappa shape index (κ2) is 10.1. The Labute approximate surface area is 191 Å². The SMILES string of the molecule is CC(=O)Nc1ccc(C(=O)COC(=O)c2ccccc2S(=O)(=O)N(C)c2ccccc2)cc1. The average molecular weight is 467 g/mol. The van der Waals surface area contributed by atoms with E-state index in [9.17, 15) is 22.8 Å². The van der Waals surface area contributed by atoms with Gasteiger partial charge in [-0.3, -0.25) is 13.9 Å². The summed E-state index contributed by atoms with van der Waals surface area (Å²) in [5.74, 6) is -1.65. The molecule has 0 radical (unpaired) electrons. The fourth-order valence-corrected chi connectivity index (χ4v) is 4.39. The summed E-state index contributed by atoms with van der Waals surface area (Å²) >= 11 is 0. The van der Waals surface area contributed by atoms with Crippen molar-refractivity contribution in [3.8, 4) is 0 Å². The van der Waals surface area contributed by atoms with E-state index >= 15 is 0 Å². The Morgan fingerprint density at radius 3 is 2.12 bits per heavy atom. The first-order chi connectivity index (χ1) is 15.7. The molecule has 1 N–H and O–H groups in total. The zero-order valence-corrected chi connectivity index (χ0v) is 18.8. The van der Waals surface area contributed by atoms with E-state index in [0.717, 1.165) is 4.31 Å². The molecule has 0 aliphatic carbocycles. The number of nitrogens with one attached hydrogen (secondary N) is 1. The topological polar surface area (TPSA) is 110 Å². The lowest BCUT2D eigenvalue weighted by atomic mass is 10.1. The number of ketones is 1. The van der Waals surface area contributed by atoms with Gasteiger partial charge in [0.2, 0.25) is 5.91 Å². The van der Waals surface area contributed by atoms with Crippen LogP contribution >= 0.6 is 0 Å². The van der Waals surface area contributed by atoms with Crippen LogP contribution < -0.4 is 9.62 Å². The van der Waals surface area contributed by atoms with Crippen molar-refractivity contribution in [3.63, 3.8) is 0 Å². The smallest absolute Gasteiger partial charge is 0.339 e. The number of esters is 1. The van der Waals surface area contributed by atoms with Crippen molar-refractivity contribution in [2.75, 3.05) is 23.3 Å². The molecule has 0 saturated carbocycles. The van der Waals surface area contributed by atoms with Crippen LogP contribution in [0.5, 0.6) is 0 Å². The maximum Gasteiger partial charge on any atom is 0.339 e. The van der Waals surface area contributed by atoms with Crippen molar-refractivity contribution in [3.05, 3.63) is 90.0 Å². The summed E-state index contributed by atoms with van der Waals surface area (Å²) in [6.07, 6.45) is 0. The van der Waals surface area contributed by atoms with Gasteiger partial charge >= 0.3 is 5.97 Å². The molecule has 33 heavy (non-hydrogen) atoms. The number of carbonyl (C=O) groups is 3. The standard InChI is InChI=1S/C24H22N2O6S/c1-17(27)25-19-14-12-18(13-15-19)22(28)16-32-24(29)21-10-6-7-11-23(21)33(30,31)26(2)20-8-4-3-5-9-20/h3-15H,16H2,1-2H3,(H,25,27). The van der Waals surface area contributed by atoms with Gasteiger partial charge in [0.25, 0.3) is 10.0 Å². The maximum absolute atomic E-state index is 13.1. The Balaban J connectivity index is 1.75. The van der Waals surface area contributed by atoms with Crippen LogP contribution in [0.4, 0.5) is 11.4 Å². The Morgan fingerprint density at radius 1 is 0.879 bits per heavy atom. The molecule has 0 aromatic heterocycles.